The normalized spacial score (nSPS) is 19.6. The molecule has 8 N–H and O–H groups in total. The van der Waals surface area contributed by atoms with Crippen LogP contribution in [0.15, 0.2) is 69.0 Å². The van der Waals surface area contributed by atoms with Crippen molar-refractivity contribution < 1.29 is 48.1 Å². The Labute approximate surface area is 520 Å². The van der Waals surface area contributed by atoms with Gasteiger partial charge in [0.2, 0.25) is 23.6 Å². The number of hydrogen-bond acceptors (Lipinski definition) is 24. The highest BCUT2D eigenvalue weighted by molar-refractivity contribution is 7.15. The zero-order valence-electron chi connectivity index (χ0n) is 47.0. The molecule has 0 unspecified atom stereocenters. The van der Waals surface area contributed by atoms with Gasteiger partial charge in [0.1, 0.15) is 94.7 Å². The number of thiazole rings is 6. The van der Waals surface area contributed by atoms with Gasteiger partial charge < -0.3 is 51.8 Å². The molecule has 1 aromatic carbocycles. The van der Waals surface area contributed by atoms with Crippen molar-refractivity contribution in [3.05, 3.63) is 117 Å². The first-order valence-corrected chi connectivity index (χ1v) is 32.3. The summed E-state index contributed by atoms with van der Waals surface area (Å²) < 4.78 is 11.4. The standard InChI is InChI=1S/C56H55N15O10S6/c1-24(2)39-55-70-42(36(87-55)19-80-5)47(77)59-17-38(73)67-43(44(74)26-10-7-6-8-11-26)54-66-34(23-85-54)52-63-31(20-83-52)41-27(50-64-32(21-82-50)46(76)61-29(16-37(72)58-4)53-69-40(25(3)86-53)48(78)68-39)13-14-28(60-41)51-65-33(22-84-51)49-62-30(18-81-49)56(79)71-15-9-12-35(71)45(57)75/h6-8,10-11,13-14,20-24,29-30,35,39,43-44,74H,9,12,15-19H2,1-5H3,(H2,57,75)(H,58,72)(H,59,77)(H,61,76)(H,67,73)(H,68,78)/t29-,30+,35+,39+,43+,44+/m0/s1. The van der Waals surface area contributed by atoms with Gasteiger partial charge in [0, 0.05) is 52.7 Å². The van der Waals surface area contributed by atoms with Crippen LogP contribution in [0.2, 0.25) is 0 Å². The number of rotatable bonds is 11. The first-order valence-electron chi connectivity index (χ1n) is 27.2. The number of primary amides is 1. The highest BCUT2D eigenvalue weighted by Gasteiger charge is 2.39. The molecule has 8 aromatic rings. The van der Waals surface area contributed by atoms with Crippen LogP contribution in [-0.2, 0) is 35.3 Å². The van der Waals surface area contributed by atoms with E-state index in [2.05, 4.69) is 31.6 Å². The van der Waals surface area contributed by atoms with E-state index >= 15 is 0 Å². The van der Waals surface area contributed by atoms with Gasteiger partial charge >= 0.3 is 0 Å². The molecule has 25 nitrogen and oxygen atoms in total. The Morgan fingerprint density at radius 3 is 2.23 bits per heavy atom. The van der Waals surface area contributed by atoms with Crippen LogP contribution in [0.3, 0.4) is 0 Å². The van der Waals surface area contributed by atoms with Crippen molar-refractivity contribution in [3.63, 3.8) is 0 Å². The lowest BCUT2D eigenvalue weighted by Crippen LogP contribution is -2.47. The van der Waals surface area contributed by atoms with E-state index in [1.165, 1.54) is 75.7 Å². The first kappa shape index (κ1) is 60.5. The van der Waals surface area contributed by atoms with E-state index in [-0.39, 0.29) is 59.4 Å². The predicted molar refractivity (Wildman–Crippen MR) is 327 cm³/mol. The molecule has 0 spiro atoms. The van der Waals surface area contributed by atoms with Crippen molar-refractivity contribution in [2.75, 3.05) is 33.9 Å². The monoisotopic (exact) mass is 1290 g/mol. The van der Waals surface area contributed by atoms with Crippen LogP contribution in [0.4, 0.5) is 0 Å². The minimum Gasteiger partial charge on any atom is -0.473 e. The third-order valence-corrected chi connectivity index (χ3v) is 20.0. The molecular formula is C56H55N15O10S6. The Bertz CT molecular complexity index is 3980. The minimum absolute atomic E-state index is 0.00115. The number of fused-ring (bicyclic) bond motifs is 14. The van der Waals surface area contributed by atoms with Gasteiger partial charge in [-0.2, -0.15) is 0 Å². The summed E-state index contributed by atoms with van der Waals surface area (Å²) in [6, 6.07) is 7.92. The molecular weight excluding hydrogens is 1240 g/mol. The highest BCUT2D eigenvalue weighted by Crippen LogP contribution is 2.40. The summed E-state index contributed by atoms with van der Waals surface area (Å²) in [6.45, 7) is 5.31. The molecule has 3 aliphatic heterocycles. The van der Waals surface area contributed by atoms with Gasteiger partial charge in [0.25, 0.3) is 23.6 Å². The lowest BCUT2D eigenvalue weighted by molar-refractivity contribution is -0.138. The molecule has 7 amide bonds. The molecule has 3 aliphatic rings. The van der Waals surface area contributed by atoms with Crippen LogP contribution in [0.1, 0.15) is 125 Å². The third-order valence-electron chi connectivity index (χ3n) is 14.3. The Morgan fingerprint density at radius 1 is 0.759 bits per heavy atom. The number of nitrogens with two attached hydrogens (primary N) is 1. The van der Waals surface area contributed by atoms with E-state index in [1.54, 1.807) is 70.9 Å². The number of carbonyl (C=O) groups excluding carboxylic acids is 7. The number of likely N-dealkylation sites (tertiary alicyclic amines) is 1. The minimum atomic E-state index is -1.28. The summed E-state index contributed by atoms with van der Waals surface area (Å²) >= 11 is 7.20. The van der Waals surface area contributed by atoms with E-state index in [0.717, 1.165) is 11.3 Å². The number of hydrogen-bond donors (Lipinski definition) is 7. The molecule has 10 heterocycles. The largest absolute Gasteiger partial charge is 0.473 e. The molecule has 1 fully saturated rings. The van der Waals surface area contributed by atoms with Crippen LogP contribution in [0, 0.1) is 12.8 Å². The number of benzene rings is 1. The maximum absolute atomic E-state index is 14.4. The van der Waals surface area contributed by atoms with E-state index < -0.39 is 78.3 Å². The molecule has 0 radical (unpaired) electrons. The Kier molecular flexibility index (Phi) is 18.1. The average molecular weight is 1290 g/mol. The fourth-order valence-electron chi connectivity index (χ4n) is 9.84. The maximum atomic E-state index is 14.4. The molecule has 1 saturated heterocycles. The summed E-state index contributed by atoms with van der Waals surface area (Å²) in [7, 11) is 2.94. The molecule has 0 saturated carbocycles. The quantitative estimate of drug-likeness (QED) is 0.0788. The van der Waals surface area contributed by atoms with Crippen molar-refractivity contribution in [1.82, 2.24) is 66.4 Å². The van der Waals surface area contributed by atoms with Crippen LogP contribution >= 0.6 is 68.0 Å². The van der Waals surface area contributed by atoms with E-state index in [0.29, 0.717) is 93.8 Å². The van der Waals surface area contributed by atoms with Gasteiger partial charge in [-0.05, 0) is 43.4 Å². The van der Waals surface area contributed by atoms with E-state index in [9.17, 15) is 38.7 Å². The molecule has 10 bridgehead atoms. The molecule has 0 aliphatic carbocycles. The second-order valence-corrected chi connectivity index (χ2v) is 26.3. The summed E-state index contributed by atoms with van der Waals surface area (Å²) in [5.74, 6) is -3.91. The third kappa shape index (κ3) is 13.0. The Balaban J connectivity index is 0.970. The molecule has 6 atom stereocenters. The van der Waals surface area contributed by atoms with Gasteiger partial charge in [-0.15, -0.1) is 68.0 Å². The number of aryl methyl sites for hydroxylation is 1. The number of aliphatic hydroxyl groups excluding tert-OH is 1. The lowest BCUT2D eigenvalue weighted by Gasteiger charge is -2.23. The van der Waals surface area contributed by atoms with Gasteiger partial charge in [-0.3, -0.25) is 33.6 Å². The van der Waals surface area contributed by atoms with Crippen molar-refractivity contribution in [2.45, 2.75) is 83.0 Å². The number of pyridine rings is 1. The average Bonchev–Trinajstić information content (AvgIpc) is 2.59. The van der Waals surface area contributed by atoms with Crippen molar-refractivity contribution in [2.24, 2.45) is 16.6 Å². The molecule has 450 valence electrons. The second kappa shape index (κ2) is 26.0. The molecule has 87 heavy (non-hydrogen) atoms. The number of carbonyl (C=O) groups is 7. The summed E-state index contributed by atoms with van der Waals surface area (Å²) in [4.78, 5) is 136. The first-order chi connectivity index (χ1) is 41.9. The van der Waals surface area contributed by atoms with Crippen LogP contribution in [-0.4, -0.2) is 138 Å². The number of amides is 7. The van der Waals surface area contributed by atoms with Crippen molar-refractivity contribution >= 4 is 115 Å². The summed E-state index contributed by atoms with van der Waals surface area (Å²) in [6.07, 6.45) is -0.374. The number of aliphatic imine (C=N–C) groups is 1. The Hall–Kier alpha value is -8.17. The van der Waals surface area contributed by atoms with Crippen LogP contribution in [0.25, 0.3) is 43.4 Å². The topological polar surface area (TPSA) is 350 Å². The van der Waals surface area contributed by atoms with Crippen molar-refractivity contribution in [1.29, 1.82) is 0 Å². The van der Waals surface area contributed by atoms with Gasteiger partial charge in [0.15, 0.2) is 6.04 Å². The molecule has 31 heteroatoms. The molecule has 7 aromatic heterocycles. The number of aliphatic hydroxyl groups is 1. The van der Waals surface area contributed by atoms with Crippen LogP contribution < -0.4 is 32.3 Å². The zero-order chi connectivity index (χ0) is 61.2. The van der Waals surface area contributed by atoms with E-state index in [4.69, 9.17) is 50.1 Å². The second-order valence-electron chi connectivity index (χ2n) is 20.5. The summed E-state index contributed by atoms with van der Waals surface area (Å²) in [5, 5.41) is 35.3. The SMILES string of the molecule is CNC(=O)C[C@@H]1NC(=O)c2csc(n2)-c2ccc(-c3nc(C4=N[C@@H](C(=O)N5CCC[C@@H]5C(N)=O)CO4)cs3)nc2-c2csc(n2)-c2csc(n2)[C@@H]([C@H](O)c2ccccc2)NC(=O)CNC(=O)c2nc(sc2COC)[C@@H](C(C)C)NC(=O)c2nc1sc2C. The number of methoxy groups -OCH3 is 1. The maximum Gasteiger partial charge on any atom is 0.271 e. The lowest BCUT2D eigenvalue weighted by atomic mass is 10.0. The smallest absolute Gasteiger partial charge is 0.271 e. The number of ether oxygens (including phenoxy) is 2. The van der Waals surface area contributed by atoms with Gasteiger partial charge in [-0.25, -0.2) is 39.9 Å². The number of aromatic nitrogens is 7. The Morgan fingerprint density at radius 2 is 1.47 bits per heavy atom. The fraction of sp³-hybridized carbons (Fsp3) is 0.339. The van der Waals surface area contributed by atoms with E-state index in [1.807, 2.05) is 13.8 Å². The molecule has 11 rings (SSSR count). The van der Waals surface area contributed by atoms with Crippen LogP contribution in [0.5, 0.6) is 0 Å². The van der Waals surface area contributed by atoms with Gasteiger partial charge in [0.05, 0.1) is 42.2 Å². The predicted octanol–water partition coefficient (Wildman–Crippen LogP) is 5.93. The number of nitrogens with zero attached hydrogens (tertiary/aromatic N) is 9. The van der Waals surface area contributed by atoms with Gasteiger partial charge in [-0.1, -0.05) is 44.2 Å². The summed E-state index contributed by atoms with van der Waals surface area (Å²) in [5.41, 5.74) is 8.65. The van der Waals surface area contributed by atoms with Crippen molar-refractivity contribution in [3.8, 4) is 43.4 Å². The highest BCUT2D eigenvalue weighted by atomic mass is 32.1. The number of nitrogens with one attached hydrogen (secondary N) is 5. The zero-order valence-corrected chi connectivity index (χ0v) is 51.9. The fourth-order valence-corrected chi connectivity index (χ4v) is 15.4.